The molecule has 0 aromatic rings. The molecule has 0 aliphatic carbocycles. The van der Waals surface area contributed by atoms with E-state index in [1.807, 2.05) is 0 Å². The first kappa shape index (κ1) is 18.2. The summed E-state index contributed by atoms with van der Waals surface area (Å²) in [6, 6.07) is 1.26. The molecule has 0 aromatic carbocycles. The van der Waals surface area contributed by atoms with E-state index in [0.717, 1.165) is 21.6 Å². The molecule has 0 bridgehead atoms. The molecular weight excluding hydrogens is 236 g/mol. The molecule has 0 heterocycles. The van der Waals surface area contributed by atoms with Gasteiger partial charge in [0.2, 0.25) is 9.76 Å². The van der Waals surface area contributed by atoms with Crippen molar-refractivity contribution in [3.8, 4) is 0 Å². The number of rotatable bonds is 12. The van der Waals surface area contributed by atoms with Gasteiger partial charge < -0.3 is 4.43 Å². The summed E-state index contributed by atoms with van der Waals surface area (Å²) in [5, 5.41) is 0. The van der Waals surface area contributed by atoms with Crippen LogP contribution in [0.2, 0.25) is 6.04 Å². The van der Waals surface area contributed by atoms with Crippen molar-refractivity contribution in [1.29, 1.82) is 0 Å². The zero-order valence-electron chi connectivity index (χ0n) is 13.3. The molecule has 1 unspecified atom stereocenters. The largest absolute Gasteiger partial charge is 0.415 e. The molecule has 0 fully saturated rings. The quantitative estimate of drug-likeness (QED) is 0.337. The van der Waals surface area contributed by atoms with Crippen LogP contribution in [0.25, 0.3) is 0 Å². The van der Waals surface area contributed by atoms with Gasteiger partial charge in [-0.3, -0.25) is 0 Å². The molecule has 2 heteroatoms. The molecule has 0 aromatic heterocycles. The molecule has 18 heavy (non-hydrogen) atoms. The van der Waals surface area contributed by atoms with Crippen LogP contribution in [-0.4, -0.2) is 15.9 Å². The minimum absolute atomic E-state index is 0.515. The van der Waals surface area contributed by atoms with Crippen molar-refractivity contribution < 1.29 is 4.43 Å². The summed E-state index contributed by atoms with van der Waals surface area (Å²) in [5.41, 5.74) is 0. The van der Waals surface area contributed by atoms with Gasteiger partial charge >= 0.3 is 0 Å². The molecule has 0 spiro atoms. The maximum absolute atomic E-state index is 6.12. The Morgan fingerprint density at radius 3 is 2.17 bits per heavy atom. The van der Waals surface area contributed by atoms with Crippen LogP contribution in [0, 0.1) is 11.8 Å². The predicted molar refractivity (Wildman–Crippen MR) is 83.1 cm³/mol. The predicted octanol–water partition coefficient (Wildman–Crippen LogP) is 5.47. The van der Waals surface area contributed by atoms with Crippen molar-refractivity contribution in [2.24, 2.45) is 11.8 Å². The van der Waals surface area contributed by atoms with Crippen molar-refractivity contribution in [3.63, 3.8) is 0 Å². The molecule has 1 nitrogen and oxygen atoms in total. The topological polar surface area (TPSA) is 9.23 Å². The number of hydrogen-bond acceptors (Lipinski definition) is 1. The Morgan fingerprint density at radius 2 is 1.67 bits per heavy atom. The smallest absolute Gasteiger partial charge is 0.230 e. The van der Waals surface area contributed by atoms with Crippen LogP contribution in [0.15, 0.2) is 0 Å². The maximum Gasteiger partial charge on any atom is 0.230 e. The fourth-order valence-electron chi connectivity index (χ4n) is 2.29. The van der Waals surface area contributed by atoms with Crippen LogP contribution in [0.3, 0.4) is 0 Å². The SMILES string of the molecule is CCCC[Si]OC(CCC(CC)CC)CC(C)C. The average Bonchev–Trinajstić information content (AvgIpc) is 2.34. The Kier molecular flexibility index (Phi) is 12.3. The molecule has 0 N–H and O–H groups in total. The van der Waals surface area contributed by atoms with Crippen molar-refractivity contribution in [3.05, 3.63) is 0 Å². The van der Waals surface area contributed by atoms with Gasteiger partial charge in [0.15, 0.2) is 0 Å². The third-order valence-corrected chi connectivity index (χ3v) is 4.73. The van der Waals surface area contributed by atoms with E-state index in [2.05, 4.69) is 34.6 Å². The van der Waals surface area contributed by atoms with Crippen molar-refractivity contribution in [2.75, 3.05) is 0 Å². The zero-order valence-corrected chi connectivity index (χ0v) is 14.3. The van der Waals surface area contributed by atoms with E-state index in [0.29, 0.717) is 6.10 Å². The van der Waals surface area contributed by atoms with Crippen LogP contribution >= 0.6 is 0 Å². The molecule has 0 aliphatic heterocycles. The molecule has 0 amide bonds. The summed E-state index contributed by atoms with van der Waals surface area (Å²) < 4.78 is 6.12. The van der Waals surface area contributed by atoms with E-state index in [9.17, 15) is 0 Å². The second kappa shape index (κ2) is 12.2. The Hall–Kier alpha value is 0.177. The molecule has 108 valence electrons. The Morgan fingerprint density at radius 1 is 1.00 bits per heavy atom. The third kappa shape index (κ3) is 10.1. The number of hydrogen-bond donors (Lipinski definition) is 0. The fraction of sp³-hybridized carbons (Fsp3) is 1.00. The minimum atomic E-state index is 0.515. The van der Waals surface area contributed by atoms with Crippen molar-refractivity contribution in [2.45, 2.75) is 91.7 Å². The Balaban J connectivity index is 3.90. The molecule has 1 atom stereocenters. The summed E-state index contributed by atoms with van der Waals surface area (Å²) in [7, 11) is 0.724. The average molecular weight is 271 g/mol. The van der Waals surface area contributed by atoms with Gasteiger partial charge in [0.05, 0.1) is 0 Å². The first-order valence-corrected chi connectivity index (χ1v) is 9.13. The minimum Gasteiger partial charge on any atom is -0.415 e. The summed E-state index contributed by atoms with van der Waals surface area (Å²) in [6.07, 6.45) is 9.62. The third-order valence-electron chi connectivity index (χ3n) is 3.67. The van der Waals surface area contributed by atoms with E-state index < -0.39 is 0 Å². The Bertz CT molecular complexity index is 166. The molecule has 0 aliphatic rings. The molecule has 0 saturated carbocycles. The van der Waals surface area contributed by atoms with Gasteiger partial charge in [0, 0.05) is 6.10 Å². The van der Waals surface area contributed by atoms with Gasteiger partial charge in [0.25, 0.3) is 0 Å². The Labute approximate surface area is 118 Å². The summed E-state index contributed by atoms with van der Waals surface area (Å²) >= 11 is 0. The van der Waals surface area contributed by atoms with E-state index in [1.54, 1.807) is 0 Å². The van der Waals surface area contributed by atoms with Crippen LogP contribution in [0.1, 0.15) is 79.6 Å². The first-order valence-electron chi connectivity index (χ1n) is 8.02. The molecule has 0 rings (SSSR count). The standard InChI is InChI=1S/C16H34OSi/c1-6-9-12-18-17-16(13-14(4)5)11-10-15(7-2)8-3/h14-16H,6-13H2,1-5H3. The number of unbranched alkanes of at least 4 members (excludes halogenated alkanes) is 1. The second-order valence-electron chi connectivity index (χ2n) is 5.88. The van der Waals surface area contributed by atoms with Crippen molar-refractivity contribution >= 4 is 9.76 Å². The van der Waals surface area contributed by atoms with Crippen LogP contribution in [0.4, 0.5) is 0 Å². The lowest BCUT2D eigenvalue weighted by Gasteiger charge is -2.22. The van der Waals surface area contributed by atoms with Crippen LogP contribution in [-0.2, 0) is 4.43 Å². The second-order valence-corrected chi connectivity index (χ2v) is 6.90. The lowest BCUT2D eigenvalue weighted by molar-refractivity contribution is 0.160. The zero-order chi connectivity index (χ0) is 13.8. The molecule has 2 radical (unpaired) electrons. The van der Waals surface area contributed by atoms with Gasteiger partial charge in [-0.25, -0.2) is 0 Å². The molecular formula is C16H34OSi. The normalized spacial score (nSPS) is 13.5. The van der Waals surface area contributed by atoms with Gasteiger partial charge in [0.1, 0.15) is 0 Å². The molecule has 0 saturated heterocycles. The van der Waals surface area contributed by atoms with Crippen molar-refractivity contribution in [1.82, 2.24) is 0 Å². The van der Waals surface area contributed by atoms with Gasteiger partial charge in [-0.2, -0.15) is 0 Å². The summed E-state index contributed by atoms with van der Waals surface area (Å²) in [5.74, 6) is 1.66. The highest BCUT2D eigenvalue weighted by molar-refractivity contribution is 6.27. The first-order chi connectivity index (χ1) is 8.63. The highest BCUT2D eigenvalue weighted by Crippen LogP contribution is 2.20. The van der Waals surface area contributed by atoms with E-state index >= 15 is 0 Å². The fourth-order valence-corrected chi connectivity index (χ4v) is 3.36. The lowest BCUT2D eigenvalue weighted by Crippen LogP contribution is -2.19. The van der Waals surface area contributed by atoms with Gasteiger partial charge in [-0.05, 0) is 37.1 Å². The van der Waals surface area contributed by atoms with E-state index in [-0.39, 0.29) is 0 Å². The monoisotopic (exact) mass is 270 g/mol. The maximum atomic E-state index is 6.12. The summed E-state index contributed by atoms with van der Waals surface area (Å²) in [6.45, 7) is 11.5. The highest BCUT2D eigenvalue weighted by Gasteiger charge is 2.14. The summed E-state index contributed by atoms with van der Waals surface area (Å²) in [4.78, 5) is 0. The van der Waals surface area contributed by atoms with Crippen LogP contribution in [0.5, 0.6) is 0 Å². The van der Waals surface area contributed by atoms with E-state index in [1.165, 1.54) is 51.0 Å². The lowest BCUT2D eigenvalue weighted by atomic mass is 9.93. The van der Waals surface area contributed by atoms with E-state index in [4.69, 9.17) is 4.43 Å². The highest BCUT2D eigenvalue weighted by atomic mass is 28.2. The van der Waals surface area contributed by atoms with Gasteiger partial charge in [-0.1, -0.05) is 60.3 Å². The van der Waals surface area contributed by atoms with Crippen LogP contribution < -0.4 is 0 Å². The van der Waals surface area contributed by atoms with Gasteiger partial charge in [-0.15, -0.1) is 0 Å².